The van der Waals surface area contributed by atoms with Crippen molar-refractivity contribution >= 4 is 46.4 Å². The monoisotopic (exact) mass is 569 g/mol. The largest absolute Gasteiger partial charge is 0.446 e. The number of nitrogens with one attached hydrogen (secondary N) is 2. The summed E-state index contributed by atoms with van der Waals surface area (Å²) in [5, 5.41) is 7.63. The summed E-state index contributed by atoms with van der Waals surface area (Å²) in [5.74, 6) is 1.52. The van der Waals surface area contributed by atoms with Gasteiger partial charge in [0.25, 0.3) is 0 Å². The van der Waals surface area contributed by atoms with Gasteiger partial charge in [-0.25, -0.2) is 14.8 Å². The fraction of sp³-hybridized carbons (Fsp3) is 0.586. The van der Waals surface area contributed by atoms with Crippen molar-refractivity contribution in [3.05, 3.63) is 35.5 Å². The standard InChI is InChI=1S/C29H40ClN7O3/c1-17-14-21(12-13-39-17)33-27-32-16-23-25(36-27)37(28(35-23)34-20-7-5-6-19(30)15-20)22-10-8-18(9-11-22)24(29(2,3)4)40-26(31)38/h5-7,15-18,21-22,24H,8-14H2,1-4H3,(H2,31,38)(H,34,35)(H,32,33,36)/t17-,18?,21-,22?,24?/m0/s1. The van der Waals surface area contributed by atoms with Gasteiger partial charge in [0, 0.05) is 29.4 Å². The third kappa shape index (κ3) is 6.61. The van der Waals surface area contributed by atoms with E-state index in [0.717, 1.165) is 62.0 Å². The summed E-state index contributed by atoms with van der Waals surface area (Å²) >= 11 is 6.27. The Balaban J connectivity index is 1.44. The number of amides is 1. The van der Waals surface area contributed by atoms with Gasteiger partial charge in [-0.05, 0) is 75.0 Å². The molecule has 2 aromatic heterocycles. The maximum absolute atomic E-state index is 11.7. The van der Waals surface area contributed by atoms with Crippen LogP contribution in [0.15, 0.2) is 30.5 Å². The first-order valence-corrected chi connectivity index (χ1v) is 14.6. The van der Waals surface area contributed by atoms with E-state index in [-0.39, 0.29) is 35.6 Å². The molecule has 4 N–H and O–H groups in total. The molecule has 1 aromatic carbocycles. The molecule has 216 valence electrons. The first kappa shape index (κ1) is 28.4. The molecule has 3 aromatic rings. The highest BCUT2D eigenvalue weighted by molar-refractivity contribution is 6.30. The summed E-state index contributed by atoms with van der Waals surface area (Å²) in [7, 11) is 0. The smallest absolute Gasteiger partial charge is 0.404 e. The van der Waals surface area contributed by atoms with Crippen molar-refractivity contribution < 1.29 is 14.3 Å². The number of benzene rings is 1. The Kier molecular flexibility index (Phi) is 8.37. The summed E-state index contributed by atoms with van der Waals surface area (Å²) in [6, 6.07) is 8.01. The van der Waals surface area contributed by atoms with Crippen molar-refractivity contribution in [2.45, 2.75) is 90.5 Å². The van der Waals surface area contributed by atoms with Crippen LogP contribution in [0.25, 0.3) is 11.2 Å². The van der Waals surface area contributed by atoms with Crippen LogP contribution in [-0.2, 0) is 9.47 Å². The van der Waals surface area contributed by atoms with Crippen molar-refractivity contribution in [2.75, 3.05) is 17.2 Å². The zero-order valence-electron chi connectivity index (χ0n) is 23.7. The molecule has 1 unspecified atom stereocenters. The molecule has 0 radical (unpaired) electrons. The molecular formula is C29H40ClN7O3. The van der Waals surface area contributed by atoms with E-state index in [4.69, 9.17) is 36.8 Å². The summed E-state index contributed by atoms with van der Waals surface area (Å²) in [5.41, 5.74) is 7.59. The molecule has 3 heterocycles. The SMILES string of the molecule is C[C@H]1C[C@@H](Nc2ncc3nc(Nc4cccc(Cl)c4)n(C4CCC(C(OC(N)=O)C(C)(C)C)CC4)c3n2)CCO1. The number of imidazole rings is 1. The number of aromatic nitrogens is 4. The minimum atomic E-state index is -0.716. The fourth-order valence-corrected chi connectivity index (χ4v) is 6.36. The van der Waals surface area contributed by atoms with Crippen molar-refractivity contribution in [3.8, 4) is 0 Å². The summed E-state index contributed by atoms with van der Waals surface area (Å²) in [6.07, 6.45) is 6.43. The molecule has 1 saturated carbocycles. The number of ether oxygens (including phenoxy) is 2. The molecule has 1 aliphatic carbocycles. The van der Waals surface area contributed by atoms with Gasteiger partial charge in [-0.1, -0.05) is 38.4 Å². The molecule has 1 amide bonds. The van der Waals surface area contributed by atoms with Gasteiger partial charge in [-0.2, -0.15) is 4.98 Å². The van der Waals surface area contributed by atoms with Crippen LogP contribution in [-0.4, -0.2) is 50.5 Å². The number of halogens is 1. The van der Waals surface area contributed by atoms with Gasteiger partial charge >= 0.3 is 6.09 Å². The van der Waals surface area contributed by atoms with E-state index in [1.165, 1.54) is 0 Å². The first-order chi connectivity index (χ1) is 19.1. The number of fused-ring (bicyclic) bond motifs is 1. The van der Waals surface area contributed by atoms with Gasteiger partial charge in [0.05, 0.1) is 12.3 Å². The molecule has 0 spiro atoms. The lowest BCUT2D eigenvalue weighted by molar-refractivity contribution is -0.0184. The quantitative estimate of drug-likeness (QED) is 0.296. The van der Waals surface area contributed by atoms with E-state index in [2.05, 4.69) is 47.9 Å². The number of rotatable bonds is 7. The molecule has 1 aliphatic heterocycles. The van der Waals surface area contributed by atoms with Crippen LogP contribution in [0.3, 0.4) is 0 Å². The molecular weight excluding hydrogens is 530 g/mol. The van der Waals surface area contributed by atoms with E-state index < -0.39 is 6.09 Å². The number of anilines is 3. The number of carbonyl (C=O) groups excluding carboxylic acids is 1. The van der Waals surface area contributed by atoms with Crippen molar-refractivity contribution in [2.24, 2.45) is 17.1 Å². The van der Waals surface area contributed by atoms with E-state index in [9.17, 15) is 4.79 Å². The Labute approximate surface area is 240 Å². The van der Waals surface area contributed by atoms with Crippen LogP contribution in [0, 0.1) is 11.3 Å². The topological polar surface area (TPSA) is 129 Å². The van der Waals surface area contributed by atoms with Crippen LogP contribution in [0.5, 0.6) is 0 Å². The van der Waals surface area contributed by atoms with E-state index in [0.29, 0.717) is 16.9 Å². The highest BCUT2D eigenvalue weighted by Crippen LogP contribution is 2.42. The second-order valence-corrected chi connectivity index (χ2v) is 12.6. The van der Waals surface area contributed by atoms with Crippen molar-refractivity contribution in [1.82, 2.24) is 19.5 Å². The van der Waals surface area contributed by atoms with Crippen LogP contribution >= 0.6 is 11.6 Å². The van der Waals surface area contributed by atoms with Gasteiger partial charge < -0.3 is 25.8 Å². The maximum atomic E-state index is 11.7. The second-order valence-electron chi connectivity index (χ2n) is 12.2. The Morgan fingerprint density at radius 1 is 1.20 bits per heavy atom. The van der Waals surface area contributed by atoms with E-state index in [1.807, 2.05) is 24.3 Å². The third-order valence-electron chi connectivity index (χ3n) is 7.96. The Bertz CT molecular complexity index is 1330. The lowest BCUT2D eigenvalue weighted by Crippen LogP contribution is -2.41. The molecule has 3 atom stereocenters. The lowest BCUT2D eigenvalue weighted by atomic mass is 9.73. The minimum absolute atomic E-state index is 0.156. The summed E-state index contributed by atoms with van der Waals surface area (Å²) in [6.45, 7) is 9.09. The van der Waals surface area contributed by atoms with E-state index in [1.54, 1.807) is 6.20 Å². The van der Waals surface area contributed by atoms with Crippen LogP contribution in [0.2, 0.25) is 5.02 Å². The highest BCUT2D eigenvalue weighted by Gasteiger charge is 2.38. The van der Waals surface area contributed by atoms with Gasteiger partial charge in [0.2, 0.25) is 11.9 Å². The van der Waals surface area contributed by atoms with Crippen molar-refractivity contribution in [1.29, 1.82) is 0 Å². The number of hydrogen-bond donors (Lipinski definition) is 3. The normalized spacial score (nSPS) is 24.4. The van der Waals surface area contributed by atoms with Gasteiger partial charge in [-0.3, -0.25) is 4.57 Å². The maximum Gasteiger partial charge on any atom is 0.404 e. The molecule has 40 heavy (non-hydrogen) atoms. The molecule has 5 rings (SSSR count). The van der Waals surface area contributed by atoms with Crippen molar-refractivity contribution in [3.63, 3.8) is 0 Å². The highest BCUT2D eigenvalue weighted by atomic mass is 35.5. The Morgan fingerprint density at radius 2 is 1.98 bits per heavy atom. The Hall–Kier alpha value is -3.11. The lowest BCUT2D eigenvalue weighted by Gasteiger charge is -2.40. The van der Waals surface area contributed by atoms with E-state index >= 15 is 0 Å². The molecule has 2 aliphatic rings. The Morgan fingerprint density at radius 3 is 2.65 bits per heavy atom. The number of primary amides is 1. The number of carbonyl (C=O) groups is 1. The summed E-state index contributed by atoms with van der Waals surface area (Å²) in [4.78, 5) is 26.1. The predicted molar refractivity (Wildman–Crippen MR) is 157 cm³/mol. The molecule has 1 saturated heterocycles. The minimum Gasteiger partial charge on any atom is -0.446 e. The van der Waals surface area contributed by atoms with Gasteiger partial charge in [-0.15, -0.1) is 0 Å². The number of nitrogens with two attached hydrogens (primary N) is 1. The van der Waals surface area contributed by atoms with Gasteiger partial charge in [0.1, 0.15) is 11.6 Å². The first-order valence-electron chi connectivity index (χ1n) is 14.2. The van der Waals surface area contributed by atoms with Crippen LogP contribution in [0.1, 0.15) is 72.3 Å². The predicted octanol–water partition coefficient (Wildman–Crippen LogP) is 6.44. The fourth-order valence-electron chi connectivity index (χ4n) is 6.17. The van der Waals surface area contributed by atoms with Gasteiger partial charge in [0.15, 0.2) is 5.65 Å². The molecule has 10 nitrogen and oxygen atoms in total. The zero-order chi connectivity index (χ0) is 28.4. The molecule has 0 bridgehead atoms. The zero-order valence-corrected chi connectivity index (χ0v) is 24.4. The number of nitrogens with zero attached hydrogens (tertiary/aromatic N) is 4. The average molecular weight is 570 g/mol. The summed E-state index contributed by atoms with van der Waals surface area (Å²) < 4.78 is 13.5. The van der Waals surface area contributed by atoms with Crippen LogP contribution < -0.4 is 16.4 Å². The molecule has 11 heteroatoms. The van der Waals surface area contributed by atoms with Crippen LogP contribution in [0.4, 0.5) is 22.4 Å². The second kappa shape index (κ2) is 11.8. The third-order valence-corrected chi connectivity index (χ3v) is 8.20. The molecule has 2 fully saturated rings. The number of hydrogen-bond acceptors (Lipinski definition) is 8. The average Bonchev–Trinajstić information content (AvgIpc) is 3.24.